The molecular formula is C33H56BNO6SSi. The fourth-order valence-electron chi connectivity index (χ4n) is 6.95. The van der Waals surface area contributed by atoms with Crippen molar-refractivity contribution in [2.24, 2.45) is 17.3 Å². The van der Waals surface area contributed by atoms with Crippen LogP contribution in [0, 0.1) is 17.3 Å². The summed E-state index contributed by atoms with van der Waals surface area (Å²) in [7, 11) is -2.63. The Kier molecular flexibility index (Phi) is 10.1. The molecule has 0 aromatic carbocycles. The van der Waals surface area contributed by atoms with Crippen LogP contribution >= 0.6 is 11.3 Å². The Morgan fingerprint density at radius 2 is 1.86 bits per heavy atom. The summed E-state index contributed by atoms with van der Waals surface area (Å²) in [4.78, 5) is 27.2. The van der Waals surface area contributed by atoms with E-state index in [1.54, 1.807) is 11.3 Å². The van der Waals surface area contributed by atoms with Crippen LogP contribution in [-0.4, -0.2) is 56.7 Å². The van der Waals surface area contributed by atoms with E-state index >= 15 is 0 Å². The Hall–Kier alpha value is -1.20. The van der Waals surface area contributed by atoms with Crippen molar-refractivity contribution in [1.29, 1.82) is 0 Å². The standard InChI is InChI=1S/C33H56BNO6SSi/c1-30(2,3)38-28(37)19-23(40-43(10,11)31(4,5)6)14-12-16-26(35-27(36)20-24-15-13-17-42-24)34-39-29-25-18-22(32(25,7)8)21-33(29,9)41-34/h13,15,17,22-23,25-26,29H,12,14,16,18-21H2,1-11H3,(H,35,36)/t22-,23?,25+,26-,29-,33+/m1/s1. The number of hydrogen-bond acceptors (Lipinski definition) is 7. The minimum atomic E-state index is -2.13. The van der Waals surface area contributed by atoms with Gasteiger partial charge in [0.05, 0.1) is 36.6 Å². The van der Waals surface area contributed by atoms with Gasteiger partial charge in [-0.2, -0.15) is 0 Å². The van der Waals surface area contributed by atoms with E-state index in [-0.39, 0.29) is 52.5 Å². The summed E-state index contributed by atoms with van der Waals surface area (Å²) in [5.41, 5.74) is -0.610. The molecule has 5 rings (SSSR count). The summed E-state index contributed by atoms with van der Waals surface area (Å²) in [5.74, 6) is 0.574. The summed E-state index contributed by atoms with van der Waals surface area (Å²) in [6.45, 7) is 23.7. The minimum Gasteiger partial charge on any atom is -0.460 e. The van der Waals surface area contributed by atoms with Crippen LogP contribution in [0.1, 0.15) is 106 Å². The van der Waals surface area contributed by atoms with Crippen molar-refractivity contribution in [2.45, 2.75) is 155 Å². The molecule has 3 saturated carbocycles. The van der Waals surface area contributed by atoms with E-state index in [9.17, 15) is 9.59 Å². The quantitative estimate of drug-likeness (QED) is 0.192. The molecule has 0 radical (unpaired) electrons. The lowest BCUT2D eigenvalue weighted by Crippen LogP contribution is -2.63. The lowest BCUT2D eigenvalue weighted by atomic mass is 9.45. The molecule has 1 aliphatic heterocycles. The largest absolute Gasteiger partial charge is 0.481 e. The molecule has 7 nitrogen and oxygen atoms in total. The van der Waals surface area contributed by atoms with Crippen molar-refractivity contribution in [2.75, 3.05) is 0 Å². The van der Waals surface area contributed by atoms with Crippen molar-refractivity contribution in [3.05, 3.63) is 22.4 Å². The van der Waals surface area contributed by atoms with Gasteiger partial charge in [0.15, 0.2) is 8.32 Å². The lowest BCUT2D eigenvalue weighted by Gasteiger charge is -2.63. The van der Waals surface area contributed by atoms with E-state index in [0.29, 0.717) is 31.1 Å². The van der Waals surface area contributed by atoms with Crippen LogP contribution in [0.2, 0.25) is 18.1 Å². The van der Waals surface area contributed by atoms with Crippen molar-refractivity contribution in [3.63, 3.8) is 0 Å². The number of hydrogen-bond donors (Lipinski definition) is 1. The second-order valence-electron chi connectivity index (χ2n) is 16.6. The van der Waals surface area contributed by atoms with Crippen LogP contribution < -0.4 is 5.32 Å². The summed E-state index contributed by atoms with van der Waals surface area (Å²) in [5, 5.41) is 5.30. The highest BCUT2D eigenvalue weighted by Crippen LogP contribution is 2.64. The molecule has 1 unspecified atom stereocenters. The van der Waals surface area contributed by atoms with Gasteiger partial charge in [-0.1, -0.05) is 40.7 Å². The Labute approximate surface area is 265 Å². The summed E-state index contributed by atoms with van der Waals surface area (Å²) < 4.78 is 25.9. The van der Waals surface area contributed by atoms with Gasteiger partial charge < -0.3 is 23.8 Å². The average molecular weight is 634 g/mol. The molecule has 10 heteroatoms. The fourth-order valence-corrected chi connectivity index (χ4v) is 9.04. The predicted octanol–water partition coefficient (Wildman–Crippen LogP) is 7.34. The molecule has 6 atom stereocenters. The molecule has 1 aromatic heterocycles. The Morgan fingerprint density at radius 3 is 2.44 bits per heavy atom. The van der Waals surface area contributed by atoms with E-state index in [4.69, 9.17) is 18.5 Å². The first-order valence-electron chi connectivity index (χ1n) is 16.2. The van der Waals surface area contributed by atoms with Gasteiger partial charge >= 0.3 is 13.1 Å². The molecule has 4 fully saturated rings. The third-order valence-corrected chi connectivity index (χ3v) is 16.0. The van der Waals surface area contributed by atoms with Crippen molar-refractivity contribution >= 4 is 38.6 Å². The van der Waals surface area contributed by atoms with Gasteiger partial charge in [0, 0.05) is 4.88 Å². The van der Waals surface area contributed by atoms with Gasteiger partial charge in [0.1, 0.15) is 5.60 Å². The number of rotatable bonds is 12. The number of ether oxygens (including phenoxy) is 1. The zero-order valence-corrected chi connectivity index (χ0v) is 30.3. The predicted molar refractivity (Wildman–Crippen MR) is 176 cm³/mol. The maximum Gasteiger partial charge on any atom is 0.481 e. The zero-order chi connectivity index (χ0) is 32.0. The highest BCUT2D eigenvalue weighted by Gasteiger charge is 2.67. The molecule has 0 spiro atoms. The third kappa shape index (κ3) is 8.15. The normalized spacial score (nSPS) is 28.1. The monoisotopic (exact) mass is 633 g/mol. The molecular weight excluding hydrogens is 577 g/mol. The average Bonchev–Trinajstić information content (AvgIpc) is 3.47. The first-order chi connectivity index (χ1) is 19.7. The second kappa shape index (κ2) is 12.5. The molecule has 3 aliphatic carbocycles. The van der Waals surface area contributed by atoms with Gasteiger partial charge in [0.25, 0.3) is 0 Å². The number of esters is 1. The van der Waals surface area contributed by atoms with E-state index in [1.807, 2.05) is 38.3 Å². The van der Waals surface area contributed by atoms with Crippen molar-refractivity contribution in [3.8, 4) is 0 Å². The third-order valence-electron chi connectivity index (χ3n) is 10.5. The van der Waals surface area contributed by atoms with Crippen molar-refractivity contribution in [1.82, 2.24) is 5.32 Å². The molecule has 1 amide bonds. The first kappa shape index (κ1) is 34.7. The first-order valence-corrected chi connectivity index (χ1v) is 20.0. The summed E-state index contributed by atoms with van der Waals surface area (Å²) in [6.07, 6.45) is 4.65. The van der Waals surface area contributed by atoms with Crippen LogP contribution in [-0.2, 0) is 34.5 Å². The van der Waals surface area contributed by atoms with E-state index in [2.05, 4.69) is 60.0 Å². The van der Waals surface area contributed by atoms with Gasteiger partial charge in [-0.05, 0) is 107 Å². The second-order valence-corrected chi connectivity index (χ2v) is 22.4. The topological polar surface area (TPSA) is 83.1 Å². The maximum absolute atomic E-state index is 13.2. The maximum atomic E-state index is 13.2. The fraction of sp³-hybridized carbons (Fsp3) is 0.818. The number of carbonyl (C=O) groups is 2. The summed E-state index contributed by atoms with van der Waals surface area (Å²) >= 11 is 1.59. The SMILES string of the molecule is CC(C)(C)OC(=O)CC(CCC[C@@H](NC(=O)Cc1cccs1)B1O[C@@H]2[C@@H]3C[C@H](C[C@]2(C)O1)C3(C)C)O[Si](C)(C)C(C)(C)C. The molecule has 1 aromatic rings. The number of carbonyl (C=O) groups excluding carboxylic acids is 2. The van der Waals surface area contributed by atoms with Crippen LogP contribution in [0.15, 0.2) is 17.5 Å². The zero-order valence-electron chi connectivity index (χ0n) is 28.5. The molecule has 1 saturated heterocycles. The molecule has 1 N–H and O–H groups in total. The molecule has 4 aliphatic rings. The van der Waals surface area contributed by atoms with Gasteiger partial charge in [0.2, 0.25) is 5.91 Å². The van der Waals surface area contributed by atoms with Gasteiger partial charge in [-0.25, -0.2) is 0 Å². The van der Waals surface area contributed by atoms with Gasteiger partial charge in [-0.3, -0.25) is 9.59 Å². The Morgan fingerprint density at radius 1 is 1.16 bits per heavy atom. The molecule has 2 heterocycles. The van der Waals surface area contributed by atoms with E-state index in [1.165, 1.54) is 6.42 Å². The summed E-state index contributed by atoms with van der Waals surface area (Å²) in [6, 6.07) is 3.96. The molecule has 2 bridgehead atoms. The number of amides is 1. The van der Waals surface area contributed by atoms with E-state index in [0.717, 1.165) is 17.7 Å². The molecule has 43 heavy (non-hydrogen) atoms. The molecule has 242 valence electrons. The number of nitrogens with one attached hydrogen (secondary N) is 1. The van der Waals surface area contributed by atoms with E-state index < -0.39 is 21.0 Å². The lowest BCUT2D eigenvalue weighted by molar-refractivity contribution is -0.185. The minimum absolute atomic E-state index is 0.0171. The van der Waals surface area contributed by atoms with Gasteiger partial charge in [-0.15, -0.1) is 11.3 Å². The Bertz CT molecular complexity index is 1130. The highest BCUT2D eigenvalue weighted by molar-refractivity contribution is 7.10. The smallest absolute Gasteiger partial charge is 0.460 e. The Balaban J connectivity index is 1.46. The highest BCUT2D eigenvalue weighted by atomic mass is 32.1. The van der Waals surface area contributed by atoms with Crippen LogP contribution in [0.3, 0.4) is 0 Å². The van der Waals surface area contributed by atoms with Crippen LogP contribution in [0.5, 0.6) is 0 Å². The number of thiophene rings is 1. The van der Waals surface area contributed by atoms with Crippen LogP contribution in [0.4, 0.5) is 0 Å². The van der Waals surface area contributed by atoms with Crippen LogP contribution in [0.25, 0.3) is 0 Å². The van der Waals surface area contributed by atoms with Crippen molar-refractivity contribution < 1.29 is 28.1 Å².